The highest BCUT2D eigenvalue weighted by Gasteiger charge is 2.11. The summed E-state index contributed by atoms with van der Waals surface area (Å²) in [5.74, 6) is 0.657. The fourth-order valence-corrected chi connectivity index (χ4v) is 1.51. The van der Waals surface area contributed by atoms with Gasteiger partial charge in [0.2, 0.25) is 0 Å². The van der Waals surface area contributed by atoms with E-state index in [1.54, 1.807) is 0 Å². The fourth-order valence-electron chi connectivity index (χ4n) is 1.51. The standard InChI is InChI=1S/C12H26O3/c1-9(2)6-10(3)15-12(5)8-14-11(4)7-13/h9-13H,6-8H2,1-5H3. The van der Waals surface area contributed by atoms with E-state index in [2.05, 4.69) is 20.8 Å². The van der Waals surface area contributed by atoms with Gasteiger partial charge in [-0.1, -0.05) is 13.8 Å². The van der Waals surface area contributed by atoms with Crippen molar-refractivity contribution in [2.24, 2.45) is 5.92 Å². The summed E-state index contributed by atoms with van der Waals surface area (Å²) < 4.78 is 11.1. The van der Waals surface area contributed by atoms with Crippen LogP contribution in [0.15, 0.2) is 0 Å². The van der Waals surface area contributed by atoms with Crippen LogP contribution in [0.2, 0.25) is 0 Å². The molecule has 0 aromatic rings. The molecule has 1 N–H and O–H groups in total. The van der Waals surface area contributed by atoms with E-state index < -0.39 is 0 Å². The van der Waals surface area contributed by atoms with Crippen LogP contribution in [0.4, 0.5) is 0 Å². The van der Waals surface area contributed by atoms with Gasteiger partial charge in [0.15, 0.2) is 0 Å². The molecule has 3 heteroatoms. The fraction of sp³-hybridized carbons (Fsp3) is 1.00. The van der Waals surface area contributed by atoms with E-state index in [4.69, 9.17) is 14.6 Å². The summed E-state index contributed by atoms with van der Waals surface area (Å²) in [5, 5.41) is 8.78. The van der Waals surface area contributed by atoms with Gasteiger partial charge in [-0.15, -0.1) is 0 Å². The van der Waals surface area contributed by atoms with Crippen LogP contribution in [0.5, 0.6) is 0 Å². The highest BCUT2D eigenvalue weighted by Crippen LogP contribution is 2.10. The number of aliphatic hydroxyl groups excluding tert-OH is 1. The molecule has 3 nitrogen and oxygen atoms in total. The molecule has 0 heterocycles. The van der Waals surface area contributed by atoms with Gasteiger partial charge in [0.05, 0.1) is 31.5 Å². The SMILES string of the molecule is CC(C)CC(C)OC(C)COC(C)CO. The normalized spacial score (nSPS) is 17.8. The van der Waals surface area contributed by atoms with Crippen molar-refractivity contribution >= 4 is 0 Å². The van der Waals surface area contributed by atoms with Crippen molar-refractivity contribution in [2.75, 3.05) is 13.2 Å². The minimum Gasteiger partial charge on any atom is -0.394 e. The molecule has 0 aromatic carbocycles. The minimum atomic E-state index is -0.101. The summed E-state index contributed by atoms with van der Waals surface area (Å²) in [5.41, 5.74) is 0. The van der Waals surface area contributed by atoms with Crippen molar-refractivity contribution in [3.05, 3.63) is 0 Å². The Balaban J connectivity index is 3.59. The van der Waals surface area contributed by atoms with Crippen molar-refractivity contribution in [2.45, 2.75) is 59.4 Å². The lowest BCUT2D eigenvalue weighted by Crippen LogP contribution is -2.26. The van der Waals surface area contributed by atoms with Gasteiger partial charge in [0.1, 0.15) is 0 Å². The molecular weight excluding hydrogens is 192 g/mol. The molecule has 0 aliphatic carbocycles. The van der Waals surface area contributed by atoms with Gasteiger partial charge >= 0.3 is 0 Å². The van der Waals surface area contributed by atoms with Crippen LogP contribution in [0.1, 0.15) is 41.0 Å². The maximum absolute atomic E-state index is 8.78. The van der Waals surface area contributed by atoms with Crippen molar-refractivity contribution < 1.29 is 14.6 Å². The van der Waals surface area contributed by atoms with E-state index in [0.717, 1.165) is 6.42 Å². The van der Waals surface area contributed by atoms with E-state index in [1.165, 1.54) is 0 Å². The molecule has 92 valence electrons. The third kappa shape index (κ3) is 8.85. The molecule has 0 amide bonds. The quantitative estimate of drug-likeness (QED) is 0.679. The van der Waals surface area contributed by atoms with E-state index >= 15 is 0 Å². The van der Waals surface area contributed by atoms with E-state index in [0.29, 0.717) is 12.5 Å². The summed E-state index contributed by atoms with van der Waals surface area (Å²) in [7, 11) is 0. The first kappa shape index (κ1) is 14.9. The highest BCUT2D eigenvalue weighted by atomic mass is 16.5. The molecular formula is C12H26O3. The Morgan fingerprint density at radius 2 is 1.53 bits per heavy atom. The predicted molar refractivity (Wildman–Crippen MR) is 62.0 cm³/mol. The molecule has 0 saturated heterocycles. The molecule has 0 radical (unpaired) electrons. The van der Waals surface area contributed by atoms with Gasteiger partial charge in [0, 0.05) is 0 Å². The van der Waals surface area contributed by atoms with Gasteiger partial charge in [-0.3, -0.25) is 0 Å². The lowest BCUT2D eigenvalue weighted by Gasteiger charge is -2.21. The molecule has 0 aromatic heterocycles. The lowest BCUT2D eigenvalue weighted by molar-refractivity contribution is -0.0716. The second kappa shape index (κ2) is 8.08. The molecule has 0 saturated carbocycles. The summed E-state index contributed by atoms with van der Waals surface area (Å²) in [6.45, 7) is 10.9. The summed E-state index contributed by atoms with van der Waals surface area (Å²) in [6.07, 6.45) is 1.33. The Kier molecular flexibility index (Phi) is 8.02. The van der Waals surface area contributed by atoms with Crippen LogP contribution in [0, 0.1) is 5.92 Å². The van der Waals surface area contributed by atoms with Gasteiger partial charge in [-0.05, 0) is 33.1 Å². The van der Waals surface area contributed by atoms with Crippen LogP contribution in [0.25, 0.3) is 0 Å². The molecule has 0 rings (SSSR count). The molecule has 0 aliphatic rings. The Hall–Kier alpha value is -0.120. The number of aliphatic hydroxyl groups is 1. The maximum atomic E-state index is 8.78. The average molecular weight is 218 g/mol. The van der Waals surface area contributed by atoms with Crippen molar-refractivity contribution in [1.82, 2.24) is 0 Å². The van der Waals surface area contributed by atoms with Crippen LogP contribution < -0.4 is 0 Å². The molecule has 0 aliphatic heterocycles. The van der Waals surface area contributed by atoms with Crippen molar-refractivity contribution in [3.63, 3.8) is 0 Å². The van der Waals surface area contributed by atoms with Crippen LogP contribution in [-0.4, -0.2) is 36.6 Å². The Morgan fingerprint density at radius 3 is 2.00 bits per heavy atom. The third-order valence-electron chi connectivity index (χ3n) is 2.14. The number of hydrogen-bond acceptors (Lipinski definition) is 3. The molecule has 0 spiro atoms. The molecule has 15 heavy (non-hydrogen) atoms. The van der Waals surface area contributed by atoms with Gasteiger partial charge in [-0.25, -0.2) is 0 Å². The summed E-state index contributed by atoms with van der Waals surface area (Å²) in [6, 6.07) is 0. The van der Waals surface area contributed by atoms with Gasteiger partial charge < -0.3 is 14.6 Å². The van der Waals surface area contributed by atoms with Gasteiger partial charge in [0.25, 0.3) is 0 Å². The largest absolute Gasteiger partial charge is 0.394 e. The topological polar surface area (TPSA) is 38.7 Å². The first-order valence-electron chi connectivity index (χ1n) is 5.83. The number of hydrogen-bond donors (Lipinski definition) is 1. The predicted octanol–water partition coefficient (Wildman–Crippen LogP) is 2.22. The second-order valence-corrected chi connectivity index (χ2v) is 4.71. The van der Waals surface area contributed by atoms with E-state index in [1.807, 2.05) is 13.8 Å². The summed E-state index contributed by atoms with van der Waals surface area (Å²) >= 11 is 0. The Labute approximate surface area is 93.8 Å². The molecule has 0 bridgehead atoms. The van der Waals surface area contributed by atoms with Crippen molar-refractivity contribution in [1.29, 1.82) is 0 Å². The zero-order valence-electron chi connectivity index (χ0n) is 10.7. The van der Waals surface area contributed by atoms with Crippen LogP contribution in [-0.2, 0) is 9.47 Å². The lowest BCUT2D eigenvalue weighted by atomic mass is 10.1. The minimum absolute atomic E-state index is 0.0638. The first-order chi connectivity index (χ1) is 6.95. The maximum Gasteiger partial charge on any atom is 0.0784 e. The zero-order valence-corrected chi connectivity index (χ0v) is 10.7. The summed E-state index contributed by atoms with van der Waals surface area (Å²) in [4.78, 5) is 0. The molecule has 0 fully saturated rings. The smallest absolute Gasteiger partial charge is 0.0784 e. The second-order valence-electron chi connectivity index (χ2n) is 4.71. The number of ether oxygens (including phenoxy) is 2. The third-order valence-corrected chi connectivity index (χ3v) is 2.14. The Morgan fingerprint density at radius 1 is 0.933 bits per heavy atom. The van der Waals surface area contributed by atoms with E-state index in [9.17, 15) is 0 Å². The first-order valence-corrected chi connectivity index (χ1v) is 5.83. The van der Waals surface area contributed by atoms with Crippen molar-refractivity contribution in [3.8, 4) is 0 Å². The van der Waals surface area contributed by atoms with Crippen LogP contribution in [0.3, 0.4) is 0 Å². The molecule has 3 unspecified atom stereocenters. The average Bonchev–Trinajstić information content (AvgIpc) is 2.12. The van der Waals surface area contributed by atoms with Gasteiger partial charge in [-0.2, -0.15) is 0 Å². The van der Waals surface area contributed by atoms with E-state index in [-0.39, 0.29) is 24.9 Å². The Bertz CT molecular complexity index is 148. The highest BCUT2D eigenvalue weighted by molar-refractivity contribution is 4.58. The monoisotopic (exact) mass is 218 g/mol. The molecule has 3 atom stereocenters. The number of rotatable bonds is 8. The van der Waals surface area contributed by atoms with Crippen LogP contribution >= 0.6 is 0 Å². The zero-order chi connectivity index (χ0) is 11.8.